The second-order valence-electron chi connectivity index (χ2n) is 9.64. The van der Waals surface area contributed by atoms with Crippen molar-refractivity contribution in [2.45, 2.75) is 51.7 Å². The van der Waals surface area contributed by atoms with Crippen LogP contribution in [0.4, 0.5) is 10.5 Å². The van der Waals surface area contributed by atoms with Gasteiger partial charge < -0.3 is 29.9 Å². The van der Waals surface area contributed by atoms with Crippen LogP contribution < -0.4 is 20.3 Å². The van der Waals surface area contributed by atoms with E-state index in [2.05, 4.69) is 26.6 Å². The second-order valence-corrected chi connectivity index (χ2v) is 9.64. The number of methoxy groups -OCH3 is 1. The van der Waals surface area contributed by atoms with Gasteiger partial charge in [-0.2, -0.15) is 0 Å². The highest BCUT2D eigenvalue weighted by atomic mass is 127. The number of hydrogen-bond acceptors (Lipinski definition) is 5. The highest BCUT2D eigenvalue weighted by Crippen LogP contribution is 2.30. The zero-order chi connectivity index (χ0) is 23.1. The van der Waals surface area contributed by atoms with Crippen LogP contribution in [-0.2, 0) is 4.74 Å². The number of carbonyl (C=O) groups excluding carboxylic acids is 1. The molecular weight excluding hydrogens is 533 g/mol. The minimum Gasteiger partial charge on any atom is -0.495 e. The molecule has 0 aromatic heterocycles. The van der Waals surface area contributed by atoms with Gasteiger partial charge in [-0.3, -0.25) is 4.99 Å². The molecule has 0 aliphatic carbocycles. The minimum atomic E-state index is -0.465. The fourth-order valence-corrected chi connectivity index (χ4v) is 4.34. The van der Waals surface area contributed by atoms with Crippen molar-refractivity contribution in [3.05, 3.63) is 24.3 Å². The van der Waals surface area contributed by atoms with E-state index >= 15 is 0 Å². The number of para-hydroxylation sites is 2. The van der Waals surface area contributed by atoms with Crippen LogP contribution in [-0.4, -0.2) is 75.5 Å². The molecule has 0 saturated carbocycles. The summed E-state index contributed by atoms with van der Waals surface area (Å²) in [4.78, 5) is 21.0. The number of piperidine rings is 1. The summed E-state index contributed by atoms with van der Waals surface area (Å²) in [5.41, 5.74) is 0.666. The van der Waals surface area contributed by atoms with Gasteiger partial charge in [-0.1, -0.05) is 12.1 Å². The first-order valence-corrected chi connectivity index (χ1v) is 11.6. The number of likely N-dealkylation sites (tertiary alicyclic amines) is 1. The molecular formula is C24H40IN5O3. The summed E-state index contributed by atoms with van der Waals surface area (Å²) in [6, 6.07) is 8.46. The van der Waals surface area contributed by atoms with Crippen molar-refractivity contribution in [2.24, 2.45) is 10.9 Å². The standard InChI is InChI=1S/C24H39N5O3.HI/c1-24(2,3)32-23(30)29-13-8-9-18(16-29)15-26-22(25-4)27-19-12-14-28(17-19)20-10-6-7-11-21(20)31-5;/h6-7,10-11,18-19H,8-9,12-17H2,1-5H3,(H2,25,26,27);1H. The Morgan fingerprint density at radius 2 is 1.94 bits per heavy atom. The number of hydrogen-bond donors (Lipinski definition) is 2. The van der Waals surface area contributed by atoms with Crippen LogP contribution in [0.25, 0.3) is 0 Å². The van der Waals surface area contributed by atoms with Gasteiger partial charge in [0.15, 0.2) is 5.96 Å². The summed E-state index contributed by atoms with van der Waals surface area (Å²) >= 11 is 0. The molecule has 3 rings (SSSR count). The van der Waals surface area contributed by atoms with Gasteiger partial charge in [-0.05, 0) is 58.1 Å². The van der Waals surface area contributed by atoms with E-state index in [9.17, 15) is 4.79 Å². The van der Waals surface area contributed by atoms with Gasteiger partial charge >= 0.3 is 6.09 Å². The van der Waals surface area contributed by atoms with Gasteiger partial charge in [0.25, 0.3) is 0 Å². The lowest BCUT2D eigenvalue weighted by molar-refractivity contribution is 0.0168. The van der Waals surface area contributed by atoms with Crippen LogP contribution >= 0.6 is 24.0 Å². The van der Waals surface area contributed by atoms with Gasteiger partial charge in [0.05, 0.1) is 12.8 Å². The van der Waals surface area contributed by atoms with Gasteiger partial charge in [0, 0.05) is 45.8 Å². The van der Waals surface area contributed by atoms with Crippen LogP contribution in [0.2, 0.25) is 0 Å². The molecule has 2 fully saturated rings. The number of guanidine groups is 1. The Hall–Kier alpha value is -1.91. The molecule has 1 aromatic carbocycles. The van der Waals surface area contributed by atoms with Crippen molar-refractivity contribution in [3.63, 3.8) is 0 Å². The van der Waals surface area contributed by atoms with E-state index in [0.717, 1.165) is 62.8 Å². The van der Waals surface area contributed by atoms with Crippen molar-refractivity contribution >= 4 is 41.7 Å². The van der Waals surface area contributed by atoms with Crippen molar-refractivity contribution in [1.82, 2.24) is 15.5 Å². The first-order chi connectivity index (χ1) is 15.3. The van der Waals surface area contributed by atoms with E-state index in [-0.39, 0.29) is 30.1 Å². The molecule has 2 heterocycles. The monoisotopic (exact) mass is 573 g/mol. The normalized spacial score (nSPS) is 21.3. The largest absolute Gasteiger partial charge is 0.495 e. The molecule has 2 atom stereocenters. The van der Waals surface area contributed by atoms with Crippen molar-refractivity contribution < 1.29 is 14.3 Å². The average Bonchev–Trinajstić information content (AvgIpc) is 3.24. The third kappa shape index (κ3) is 8.12. The average molecular weight is 574 g/mol. The van der Waals surface area contributed by atoms with Gasteiger partial charge in [-0.25, -0.2) is 4.79 Å². The summed E-state index contributed by atoms with van der Waals surface area (Å²) in [5.74, 6) is 2.09. The number of carbonyl (C=O) groups is 1. The number of benzene rings is 1. The first-order valence-electron chi connectivity index (χ1n) is 11.6. The lowest BCUT2D eigenvalue weighted by atomic mass is 9.98. The quantitative estimate of drug-likeness (QED) is 0.318. The third-order valence-corrected chi connectivity index (χ3v) is 5.91. The highest BCUT2D eigenvalue weighted by Gasteiger charge is 2.28. The number of nitrogens with zero attached hydrogens (tertiary/aromatic N) is 3. The molecule has 8 nitrogen and oxygen atoms in total. The van der Waals surface area contributed by atoms with Crippen LogP contribution in [0.1, 0.15) is 40.0 Å². The Morgan fingerprint density at radius 1 is 1.18 bits per heavy atom. The summed E-state index contributed by atoms with van der Waals surface area (Å²) in [6.07, 6.45) is 2.91. The number of amides is 1. The fraction of sp³-hybridized carbons (Fsp3) is 0.667. The molecule has 2 aliphatic rings. The molecule has 33 heavy (non-hydrogen) atoms. The van der Waals surface area contributed by atoms with Gasteiger partial charge in [0.1, 0.15) is 11.4 Å². The Kier molecular flexibility index (Phi) is 10.4. The molecule has 1 aromatic rings. The van der Waals surface area contributed by atoms with E-state index in [4.69, 9.17) is 9.47 Å². The third-order valence-electron chi connectivity index (χ3n) is 5.91. The molecule has 0 spiro atoms. The Morgan fingerprint density at radius 3 is 2.64 bits per heavy atom. The summed E-state index contributed by atoms with van der Waals surface area (Å²) in [5, 5.41) is 7.03. The number of rotatable bonds is 5. The zero-order valence-corrected chi connectivity index (χ0v) is 22.9. The van der Waals surface area contributed by atoms with E-state index < -0.39 is 5.60 Å². The number of aliphatic imine (C=N–C) groups is 1. The lowest BCUT2D eigenvalue weighted by Crippen LogP contribution is -2.49. The highest BCUT2D eigenvalue weighted by molar-refractivity contribution is 14.0. The first kappa shape index (κ1) is 27.3. The van der Waals surface area contributed by atoms with Crippen LogP contribution in [0.5, 0.6) is 5.75 Å². The van der Waals surface area contributed by atoms with Gasteiger partial charge in [-0.15, -0.1) is 24.0 Å². The predicted molar refractivity (Wildman–Crippen MR) is 144 cm³/mol. The molecule has 2 saturated heterocycles. The molecule has 2 N–H and O–H groups in total. The number of nitrogens with one attached hydrogen (secondary N) is 2. The maximum Gasteiger partial charge on any atom is 0.410 e. The second kappa shape index (κ2) is 12.5. The molecule has 2 unspecified atom stereocenters. The summed E-state index contributed by atoms with van der Waals surface area (Å²) in [6.45, 7) is 9.84. The fourth-order valence-electron chi connectivity index (χ4n) is 4.34. The van der Waals surface area contributed by atoms with E-state index in [1.807, 2.05) is 43.9 Å². The Labute approximate surface area is 215 Å². The number of halogens is 1. The smallest absolute Gasteiger partial charge is 0.410 e. The Bertz CT molecular complexity index is 799. The molecule has 186 valence electrons. The maximum atomic E-state index is 12.4. The SMILES string of the molecule is CN=C(NCC1CCCN(C(=O)OC(C)(C)C)C1)NC1CCN(c2ccccc2OC)C1.I. The molecule has 9 heteroatoms. The molecule has 1 amide bonds. The van der Waals surface area contributed by atoms with E-state index in [1.165, 1.54) is 0 Å². The molecule has 0 bridgehead atoms. The van der Waals surface area contributed by atoms with E-state index in [0.29, 0.717) is 18.5 Å². The van der Waals surface area contributed by atoms with Crippen molar-refractivity contribution in [3.8, 4) is 5.75 Å². The van der Waals surface area contributed by atoms with Gasteiger partial charge in [0.2, 0.25) is 0 Å². The predicted octanol–water partition coefficient (Wildman–Crippen LogP) is 3.70. The van der Waals surface area contributed by atoms with Crippen molar-refractivity contribution in [2.75, 3.05) is 51.8 Å². The van der Waals surface area contributed by atoms with Crippen LogP contribution in [0.3, 0.4) is 0 Å². The number of ether oxygens (including phenoxy) is 2. The summed E-state index contributed by atoms with van der Waals surface area (Å²) < 4.78 is 11.1. The summed E-state index contributed by atoms with van der Waals surface area (Å²) in [7, 11) is 3.52. The molecule has 0 radical (unpaired) electrons. The zero-order valence-electron chi connectivity index (χ0n) is 20.6. The molecule has 2 aliphatic heterocycles. The topological polar surface area (TPSA) is 78.4 Å². The number of anilines is 1. The Balaban J connectivity index is 0.00000385. The van der Waals surface area contributed by atoms with E-state index in [1.54, 1.807) is 14.2 Å². The maximum absolute atomic E-state index is 12.4. The van der Waals surface area contributed by atoms with Crippen LogP contribution in [0.15, 0.2) is 29.3 Å². The minimum absolute atomic E-state index is 0. The van der Waals surface area contributed by atoms with Crippen LogP contribution in [0, 0.1) is 5.92 Å². The lowest BCUT2D eigenvalue weighted by Gasteiger charge is -2.34. The van der Waals surface area contributed by atoms with Crippen molar-refractivity contribution in [1.29, 1.82) is 0 Å².